The highest BCUT2D eigenvalue weighted by atomic mass is 16.5. The summed E-state index contributed by atoms with van der Waals surface area (Å²) in [6.45, 7) is 1.58. The topological polar surface area (TPSA) is 55.6 Å². The molecular formula is C14H26N2O2. The molecule has 0 atom stereocenters. The Morgan fingerprint density at radius 2 is 1.78 bits per heavy atom. The SMILES string of the molecule is CN(C(=O)CC1CCC(N)CC1)C1CCOCC1. The second-order valence-electron chi connectivity index (χ2n) is 5.83. The van der Waals surface area contributed by atoms with Gasteiger partial charge < -0.3 is 15.4 Å². The fourth-order valence-corrected chi connectivity index (χ4v) is 3.06. The van der Waals surface area contributed by atoms with E-state index in [-0.39, 0.29) is 0 Å². The molecule has 104 valence electrons. The number of hydrogen-bond acceptors (Lipinski definition) is 3. The summed E-state index contributed by atoms with van der Waals surface area (Å²) in [5.41, 5.74) is 5.90. The van der Waals surface area contributed by atoms with E-state index < -0.39 is 0 Å². The molecule has 18 heavy (non-hydrogen) atoms. The largest absolute Gasteiger partial charge is 0.381 e. The van der Waals surface area contributed by atoms with Crippen LogP contribution in [0.5, 0.6) is 0 Å². The minimum absolute atomic E-state index is 0.308. The zero-order valence-electron chi connectivity index (χ0n) is 11.4. The molecule has 0 unspecified atom stereocenters. The van der Waals surface area contributed by atoms with Crippen molar-refractivity contribution in [2.24, 2.45) is 11.7 Å². The van der Waals surface area contributed by atoms with Crippen molar-refractivity contribution in [1.29, 1.82) is 0 Å². The summed E-state index contributed by atoms with van der Waals surface area (Å²) in [5.74, 6) is 0.863. The predicted octanol–water partition coefficient (Wildman–Crippen LogP) is 1.53. The monoisotopic (exact) mass is 254 g/mol. The molecule has 1 aliphatic carbocycles. The molecule has 0 bridgehead atoms. The molecule has 0 aromatic heterocycles. The Bertz CT molecular complexity index is 269. The smallest absolute Gasteiger partial charge is 0.222 e. The van der Waals surface area contributed by atoms with Crippen molar-refractivity contribution in [3.63, 3.8) is 0 Å². The first kappa shape index (κ1) is 13.8. The van der Waals surface area contributed by atoms with Gasteiger partial charge in [-0.15, -0.1) is 0 Å². The van der Waals surface area contributed by atoms with E-state index in [1.54, 1.807) is 0 Å². The normalized spacial score (nSPS) is 30.1. The average molecular weight is 254 g/mol. The molecule has 1 amide bonds. The lowest BCUT2D eigenvalue weighted by atomic mass is 9.84. The minimum atomic E-state index is 0.308. The molecule has 1 heterocycles. The molecular weight excluding hydrogens is 228 g/mol. The number of amides is 1. The van der Waals surface area contributed by atoms with Gasteiger partial charge in [0.1, 0.15) is 0 Å². The highest BCUT2D eigenvalue weighted by molar-refractivity contribution is 5.76. The van der Waals surface area contributed by atoms with Gasteiger partial charge in [-0.3, -0.25) is 4.79 Å². The van der Waals surface area contributed by atoms with Crippen molar-refractivity contribution in [2.75, 3.05) is 20.3 Å². The molecule has 4 heteroatoms. The molecule has 1 saturated heterocycles. The van der Waals surface area contributed by atoms with Crippen LogP contribution in [0, 0.1) is 5.92 Å². The van der Waals surface area contributed by atoms with Crippen LogP contribution in [0.25, 0.3) is 0 Å². The first-order chi connectivity index (χ1) is 8.66. The van der Waals surface area contributed by atoms with Crippen molar-refractivity contribution < 1.29 is 9.53 Å². The number of carbonyl (C=O) groups is 1. The second-order valence-corrected chi connectivity index (χ2v) is 5.83. The van der Waals surface area contributed by atoms with Gasteiger partial charge in [0.25, 0.3) is 0 Å². The predicted molar refractivity (Wildman–Crippen MR) is 71.2 cm³/mol. The van der Waals surface area contributed by atoms with Gasteiger partial charge in [0.05, 0.1) is 0 Å². The van der Waals surface area contributed by atoms with Crippen molar-refractivity contribution in [2.45, 2.75) is 57.0 Å². The molecule has 2 aliphatic rings. The summed E-state index contributed by atoms with van der Waals surface area (Å²) in [5, 5.41) is 0. The lowest BCUT2D eigenvalue weighted by Crippen LogP contribution is -2.41. The average Bonchev–Trinajstić information content (AvgIpc) is 2.41. The van der Waals surface area contributed by atoms with E-state index in [2.05, 4.69) is 0 Å². The zero-order chi connectivity index (χ0) is 13.0. The fourth-order valence-electron chi connectivity index (χ4n) is 3.06. The maximum atomic E-state index is 12.2. The van der Waals surface area contributed by atoms with Crippen LogP contribution in [0.4, 0.5) is 0 Å². The summed E-state index contributed by atoms with van der Waals surface area (Å²) >= 11 is 0. The fraction of sp³-hybridized carbons (Fsp3) is 0.929. The van der Waals surface area contributed by atoms with Crippen LogP contribution in [-0.2, 0) is 9.53 Å². The molecule has 2 rings (SSSR count). The second kappa shape index (κ2) is 6.53. The third kappa shape index (κ3) is 3.69. The molecule has 0 aromatic carbocycles. The van der Waals surface area contributed by atoms with Crippen LogP contribution in [0.1, 0.15) is 44.9 Å². The Hall–Kier alpha value is -0.610. The third-order valence-electron chi connectivity index (χ3n) is 4.49. The molecule has 0 radical (unpaired) electrons. The number of ether oxygens (including phenoxy) is 1. The summed E-state index contributed by atoms with van der Waals surface area (Å²) in [7, 11) is 1.95. The Morgan fingerprint density at radius 1 is 1.17 bits per heavy atom. The molecule has 0 spiro atoms. The maximum Gasteiger partial charge on any atom is 0.222 e. The molecule has 0 aromatic rings. The Balaban J connectivity index is 1.76. The van der Waals surface area contributed by atoms with E-state index in [1.807, 2.05) is 11.9 Å². The van der Waals surface area contributed by atoms with E-state index >= 15 is 0 Å². The van der Waals surface area contributed by atoms with Crippen molar-refractivity contribution in [1.82, 2.24) is 4.90 Å². The van der Waals surface area contributed by atoms with Crippen molar-refractivity contribution in [3.8, 4) is 0 Å². The summed E-state index contributed by atoms with van der Waals surface area (Å²) in [6, 6.07) is 0.752. The van der Waals surface area contributed by atoms with E-state index in [0.29, 0.717) is 30.3 Å². The van der Waals surface area contributed by atoms with Gasteiger partial charge in [-0.05, 0) is 44.4 Å². The van der Waals surface area contributed by atoms with Crippen LogP contribution in [-0.4, -0.2) is 43.2 Å². The van der Waals surface area contributed by atoms with Crippen LogP contribution in [0.15, 0.2) is 0 Å². The van der Waals surface area contributed by atoms with E-state index in [4.69, 9.17) is 10.5 Å². The van der Waals surface area contributed by atoms with Gasteiger partial charge in [0.15, 0.2) is 0 Å². The Kier molecular flexibility index (Phi) is 5.01. The van der Waals surface area contributed by atoms with Gasteiger partial charge in [-0.1, -0.05) is 0 Å². The number of hydrogen-bond donors (Lipinski definition) is 1. The lowest BCUT2D eigenvalue weighted by molar-refractivity contribution is -0.134. The first-order valence-corrected chi connectivity index (χ1v) is 7.26. The number of nitrogens with two attached hydrogens (primary N) is 1. The molecule has 2 N–H and O–H groups in total. The zero-order valence-corrected chi connectivity index (χ0v) is 11.4. The highest BCUT2D eigenvalue weighted by Crippen LogP contribution is 2.27. The van der Waals surface area contributed by atoms with E-state index in [1.165, 1.54) is 0 Å². The van der Waals surface area contributed by atoms with Crippen LogP contribution in [0.2, 0.25) is 0 Å². The summed E-state index contributed by atoms with van der Waals surface area (Å²) < 4.78 is 5.34. The Morgan fingerprint density at radius 3 is 2.39 bits per heavy atom. The number of nitrogens with zero attached hydrogens (tertiary/aromatic N) is 1. The quantitative estimate of drug-likeness (QED) is 0.831. The first-order valence-electron chi connectivity index (χ1n) is 7.26. The van der Waals surface area contributed by atoms with E-state index in [9.17, 15) is 4.79 Å². The molecule has 4 nitrogen and oxygen atoms in total. The van der Waals surface area contributed by atoms with E-state index in [0.717, 1.165) is 51.7 Å². The molecule has 1 saturated carbocycles. The molecule has 2 fully saturated rings. The highest BCUT2D eigenvalue weighted by Gasteiger charge is 2.26. The van der Waals surface area contributed by atoms with Crippen molar-refractivity contribution >= 4 is 5.91 Å². The van der Waals surface area contributed by atoms with Gasteiger partial charge in [-0.25, -0.2) is 0 Å². The van der Waals surface area contributed by atoms with Crippen LogP contribution >= 0.6 is 0 Å². The molecule has 1 aliphatic heterocycles. The summed E-state index contributed by atoms with van der Waals surface area (Å²) in [4.78, 5) is 14.2. The maximum absolute atomic E-state index is 12.2. The minimum Gasteiger partial charge on any atom is -0.381 e. The van der Waals surface area contributed by atoms with Crippen LogP contribution < -0.4 is 5.73 Å². The van der Waals surface area contributed by atoms with Gasteiger partial charge in [-0.2, -0.15) is 0 Å². The van der Waals surface area contributed by atoms with Gasteiger partial charge >= 0.3 is 0 Å². The van der Waals surface area contributed by atoms with Crippen molar-refractivity contribution in [3.05, 3.63) is 0 Å². The summed E-state index contributed by atoms with van der Waals surface area (Å²) in [6.07, 6.45) is 7.08. The Labute approximate surface area is 110 Å². The van der Waals surface area contributed by atoms with Crippen LogP contribution in [0.3, 0.4) is 0 Å². The van der Waals surface area contributed by atoms with Gasteiger partial charge in [0, 0.05) is 38.8 Å². The number of rotatable bonds is 3. The lowest BCUT2D eigenvalue weighted by Gasteiger charge is -2.33. The third-order valence-corrected chi connectivity index (χ3v) is 4.49. The number of carbonyl (C=O) groups excluding carboxylic acids is 1. The standard InChI is InChI=1S/C14H26N2O2/c1-16(13-6-8-18-9-7-13)14(17)10-11-2-4-12(15)5-3-11/h11-13H,2-10,15H2,1H3. The van der Waals surface area contributed by atoms with Gasteiger partial charge in [0.2, 0.25) is 5.91 Å².